The van der Waals surface area contributed by atoms with Crippen LogP contribution in [0.4, 0.5) is 4.39 Å². The van der Waals surface area contributed by atoms with E-state index in [4.69, 9.17) is 9.47 Å². The van der Waals surface area contributed by atoms with E-state index in [0.29, 0.717) is 16.9 Å². The van der Waals surface area contributed by atoms with Gasteiger partial charge < -0.3 is 14.6 Å². The monoisotopic (exact) mass is 354 g/mol. The Hall–Kier alpha value is -1.59. The van der Waals surface area contributed by atoms with E-state index in [-0.39, 0.29) is 12.2 Å². The molecule has 0 saturated carbocycles. The minimum absolute atomic E-state index is 0.168. The first-order valence-corrected chi connectivity index (χ1v) is 7.19. The van der Waals surface area contributed by atoms with Gasteiger partial charge in [-0.1, -0.05) is 18.2 Å². The molecule has 112 valence electrons. The van der Waals surface area contributed by atoms with Gasteiger partial charge in [0.1, 0.15) is 5.75 Å². The van der Waals surface area contributed by atoms with Crippen LogP contribution < -0.4 is 9.47 Å². The van der Waals surface area contributed by atoms with E-state index in [1.807, 2.05) is 0 Å². The molecule has 0 fully saturated rings. The first kappa shape index (κ1) is 15.8. The second-order valence-corrected chi connectivity index (χ2v) is 5.40. The van der Waals surface area contributed by atoms with Crippen molar-refractivity contribution >= 4 is 15.9 Å². The van der Waals surface area contributed by atoms with Crippen LogP contribution in [0.25, 0.3) is 0 Å². The third-order valence-corrected chi connectivity index (χ3v) is 3.86. The molecule has 0 amide bonds. The molecule has 21 heavy (non-hydrogen) atoms. The molecular weight excluding hydrogens is 339 g/mol. The minimum Gasteiger partial charge on any atom is -0.496 e. The van der Waals surface area contributed by atoms with E-state index < -0.39 is 11.9 Å². The molecule has 1 unspecified atom stereocenters. The summed E-state index contributed by atoms with van der Waals surface area (Å²) >= 11 is 3.37. The molecule has 1 N–H and O–H groups in total. The summed E-state index contributed by atoms with van der Waals surface area (Å²) in [6.45, 7) is 0. The zero-order chi connectivity index (χ0) is 15.4. The molecule has 2 aromatic rings. The summed E-state index contributed by atoms with van der Waals surface area (Å²) in [5.41, 5.74) is 1.10. The van der Waals surface area contributed by atoms with Crippen molar-refractivity contribution in [1.29, 1.82) is 0 Å². The summed E-state index contributed by atoms with van der Waals surface area (Å²) in [6, 6.07) is 10.2. The summed E-state index contributed by atoms with van der Waals surface area (Å²) in [6.07, 6.45) is -0.643. The Morgan fingerprint density at radius 2 is 1.86 bits per heavy atom. The second kappa shape index (κ2) is 6.91. The van der Waals surface area contributed by atoms with Gasteiger partial charge in [0, 0.05) is 6.42 Å². The van der Waals surface area contributed by atoms with Gasteiger partial charge in [0.15, 0.2) is 11.6 Å². The van der Waals surface area contributed by atoms with Gasteiger partial charge in [-0.3, -0.25) is 0 Å². The van der Waals surface area contributed by atoms with Crippen molar-refractivity contribution in [2.75, 3.05) is 14.2 Å². The molecule has 2 aromatic carbocycles. The molecule has 0 aliphatic rings. The normalized spacial score (nSPS) is 12.0. The highest BCUT2D eigenvalue weighted by molar-refractivity contribution is 9.10. The lowest BCUT2D eigenvalue weighted by atomic mass is 10.0. The van der Waals surface area contributed by atoms with E-state index in [1.165, 1.54) is 7.11 Å². The van der Waals surface area contributed by atoms with E-state index >= 15 is 0 Å². The molecular formula is C16H16BrFO3. The summed E-state index contributed by atoms with van der Waals surface area (Å²) in [7, 11) is 2.99. The molecule has 0 heterocycles. The quantitative estimate of drug-likeness (QED) is 0.885. The molecule has 0 aliphatic carbocycles. The van der Waals surface area contributed by atoms with Gasteiger partial charge in [-0.25, -0.2) is 4.39 Å². The molecule has 0 aliphatic heterocycles. The van der Waals surface area contributed by atoms with Crippen molar-refractivity contribution in [3.63, 3.8) is 0 Å². The standard InChI is InChI=1S/C16H16BrFO3/c1-20-14-7-6-10(8-12(14)17)13(19)9-11-4-3-5-15(21-2)16(11)18/h3-8,13,19H,9H2,1-2H3. The Labute approximate surface area is 131 Å². The third-order valence-electron chi connectivity index (χ3n) is 3.24. The highest BCUT2D eigenvalue weighted by Gasteiger charge is 2.15. The number of methoxy groups -OCH3 is 2. The maximum Gasteiger partial charge on any atom is 0.168 e. The zero-order valence-corrected chi connectivity index (χ0v) is 13.4. The average Bonchev–Trinajstić information content (AvgIpc) is 2.49. The summed E-state index contributed by atoms with van der Waals surface area (Å²) < 4.78 is 24.9. The molecule has 1 atom stereocenters. The third kappa shape index (κ3) is 3.54. The average molecular weight is 355 g/mol. The van der Waals surface area contributed by atoms with Crippen LogP contribution in [0.3, 0.4) is 0 Å². The summed E-state index contributed by atoms with van der Waals surface area (Å²) in [4.78, 5) is 0. The first-order chi connectivity index (χ1) is 10.1. The predicted octanol–water partition coefficient (Wildman–Crippen LogP) is 3.88. The van der Waals surface area contributed by atoms with Crippen molar-refractivity contribution in [1.82, 2.24) is 0 Å². The smallest absolute Gasteiger partial charge is 0.168 e. The number of hydrogen-bond donors (Lipinski definition) is 1. The van der Waals surface area contributed by atoms with Crippen LogP contribution in [0.1, 0.15) is 17.2 Å². The van der Waals surface area contributed by atoms with Crippen molar-refractivity contribution in [3.05, 3.63) is 57.8 Å². The van der Waals surface area contributed by atoms with Crippen LogP contribution >= 0.6 is 15.9 Å². The number of ether oxygens (including phenoxy) is 2. The Bertz CT molecular complexity index is 631. The van der Waals surface area contributed by atoms with E-state index in [2.05, 4.69) is 15.9 Å². The Balaban J connectivity index is 2.22. The second-order valence-electron chi connectivity index (χ2n) is 4.55. The molecule has 5 heteroatoms. The highest BCUT2D eigenvalue weighted by Crippen LogP contribution is 2.30. The molecule has 3 nitrogen and oxygen atoms in total. The van der Waals surface area contributed by atoms with Gasteiger partial charge in [-0.05, 0) is 45.3 Å². The van der Waals surface area contributed by atoms with Crippen molar-refractivity contribution in [3.8, 4) is 11.5 Å². The fourth-order valence-electron chi connectivity index (χ4n) is 2.09. The molecule has 0 bridgehead atoms. The van der Waals surface area contributed by atoms with Gasteiger partial charge in [0.25, 0.3) is 0 Å². The highest BCUT2D eigenvalue weighted by atomic mass is 79.9. The lowest BCUT2D eigenvalue weighted by Crippen LogP contribution is -2.04. The van der Waals surface area contributed by atoms with Gasteiger partial charge in [0.2, 0.25) is 0 Å². The lowest BCUT2D eigenvalue weighted by molar-refractivity contribution is 0.176. The Morgan fingerprint density at radius 1 is 1.14 bits per heavy atom. The Kier molecular flexibility index (Phi) is 5.20. The van der Waals surface area contributed by atoms with Gasteiger partial charge in [-0.2, -0.15) is 0 Å². The van der Waals surface area contributed by atoms with Crippen molar-refractivity contribution in [2.45, 2.75) is 12.5 Å². The molecule has 0 aromatic heterocycles. The van der Waals surface area contributed by atoms with Crippen LogP contribution in [0, 0.1) is 5.82 Å². The van der Waals surface area contributed by atoms with Gasteiger partial charge >= 0.3 is 0 Å². The minimum atomic E-state index is -0.811. The zero-order valence-electron chi connectivity index (χ0n) is 11.8. The first-order valence-electron chi connectivity index (χ1n) is 6.39. The Morgan fingerprint density at radius 3 is 2.48 bits per heavy atom. The molecule has 0 spiro atoms. The molecule has 2 rings (SSSR count). The van der Waals surface area contributed by atoms with Crippen LogP contribution in [0.15, 0.2) is 40.9 Å². The van der Waals surface area contributed by atoms with Crippen LogP contribution in [-0.2, 0) is 6.42 Å². The largest absolute Gasteiger partial charge is 0.496 e. The lowest BCUT2D eigenvalue weighted by Gasteiger charge is -2.14. The van der Waals surface area contributed by atoms with Crippen molar-refractivity contribution in [2.24, 2.45) is 0 Å². The maximum atomic E-state index is 14.1. The number of halogens is 2. The van der Waals surface area contributed by atoms with E-state index in [9.17, 15) is 9.50 Å². The topological polar surface area (TPSA) is 38.7 Å². The fourth-order valence-corrected chi connectivity index (χ4v) is 2.65. The maximum absolute atomic E-state index is 14.1. The van der Waals surface area contributed by atoms with Gasteiger partial charge in [-0.15, -0.1) is 0 Å². The number of rotatable bonds is 5. The van der Waals surface area contributed by atoms with Crippen LogP contribution in [0.5, 0.6) is 11.5 Å². The molecule has 0 saturated heterocycles. The number of hydrogen-bond acceptors (Lipinski definition) is 3. The number of aliphatic hydroxyl groups is 1. The van der Waals surface area contributed by atoms with Crippen molar-refractivity contribution < 1.29 is 19.0 Å². The van der Waals surface area contributed by atoms with E-state index in [1.54, 1.807) is 43.5 Å². The fraction of sp³-hybridized carbons (Fsp3) is 0.250. The van der Waals surface area contributed by atoms with Crippen LogP contribution in [0.2, 0.25) is 0 Å². The van der Waals surface area contributed by atoms with Crippen LogP contribution in [-0.4, -0.2) is 19.3 Å². The van der Waals surface area contributed by atoms with E-state index in [0.717, 1.165) is 4.47 Å². The number of aliphatic hydroxyl groups excluding tert-OH is 1. The van der Waals surface area contributed by atoms with Gasteiger partial charge in [0.05, 0.1) is 24.8 Å². The summed E-state index contributed by atoms with van der Waals surface area (Å²) in [5.74, 6) is 0.417. The predicted molar refractivity (Wildman–Crippen MR) is 82.3 cm³/mol. The summed E-state index contributed by atoms with van der Waals surface area (Å²) in [5, 5.41) is 10.3. The molecule has 0 radical (unpaired) electrons. The SMILES string of the molecule is COc1ccc(C(O)Cc2cccc(OC)c2F)cc1Br. The number of benzene rings is 2.